The molecule has 2 rings (SSSR count). The summed E-state index contributed by atoms with van der Waals surface area (Å²) in [6.45, 7) is 3.69. The highest BCUT2D eigenvalue weighted by molar-refractivity contribution is 6.65. The lowest BCUT2D eigenvalue weighted by molar-refractivity contribution is 0.813. The van der Waals surface area contributed by atoms with Crippen LogP contribution in [0.4, 0.5) is 5.95 Å². The number of halogens is 3. The maximum atomic E-state index is 7.10. The fourth-order valence-electron chi connectivity index (χ4n) is 1.15. The number of amidine groups is 2. The molecule has 1 aromatic heterocycles. The molecule has 0 atom stereocenters. The average Bonchev–Trinajstić information content (AvgIpc) is 2.13. The van der Waals surface area contributed by atoms with Gasteiger partial charge in [-0.1, -0.05) is 6.58 Å². The van der Waals surface area contributed by atoms with Gasteiger partial charge in [-0.15, -0.1) is 0 Å². The highest BCUT2D eigenvalue weighted by atomic mass is 35.5. The summed E-state index contributed by atoms with van der Waals surface area (Å²) in [5.41, 5.74) is 0.0328. The minimum Gasteiger partial charge on any atom is -0.316 e. The first-order chi connectivity index (χ1) is 7.97. The zero-order valence-corrected chi connectivity index (χ0v) is 10.3. The minimum absolute atomic E-state index is 0.0328. The number of hydrogen-bond acceptors (Lipinski definition) is 5. The zero-order valence-electron chi connectivity index (χ0n) is 8.08. The molecule has 2 N–H and O–H groups in total. The van der Waals surface area contributed by atoms with E-state index < -0.39 is 5.29 Å². The summed E-state index contributed by atoms with van der Waals surface area (Å²) >= 11 is 16.8. The molecule has 0 amide bonds. The maximum absolute atomic E-state index is 7.10. The molecule has 0 saturated carbocycles. The van der Waals surface area contributed by atoms with Crippen LogP contribution in [0, 0.1) is 5.41 Å². The number of aliphatic imine (C=N–C) groups is 1. The summed E-state index contributed by atoms with van der Waals surface area (Å²) in [4.78, 5) is 15.2. The lowest BCUT2D eigenvalue weighted by Gasteiger charge is -2.17. The van der Waals surface area contributed by atoms with Crippen LogP contribution in [0.15, 0.2) is 16.6 Å². The molecule has 1 aliphatic heterocycles. The largest absolute Gasteiger partial charge is 0.316 e. The van der Waals surface area contributed by atoms with Gasteiger partial charge in [-0.25, -0.2) is 4.57 Å². The van der Waals surface area contributed by atoms with E-state index in [4.69, 9.17) is 40.2 Å². The van der Waals surface area contributed by atoms with Crippen molar-refractivity contribution in [3.63, 3.8) is 0 Å². The molecule has 0 unspecified atom stereocenters. The van der Waals surface area contributed by atoms with Gasteiger partial charge < -0.3 is 5.32 Å². The van der Waals surface area contributed by atoms with Crippen LogP contribution in [0.3, 0.4) is 0 Å². The molecule has 0 saturated heterocycles. The topological polar surface area (TPSA) is 91.3 Å². The first-order valence-corrected chi connectivity index (χ1v) is 5.26. The van der Waals surface area contributed by atoms with Gasteiger partial charge in [0.2, 0.25) is 27.4 Å². The Hall–Kier alpha value is -1.44. The normalized spacial score (nSPS) is 15.1. The molecule has 1 aromatic rings. The Morgan fingerprint density at radius 3 is 2.76 bits per heavy atom. The molecule has 88 valence electrons. The molecule has 0 bridgehead atoms. The average molecular weight is 293 g/mol. The molecule has 0 aromatic carbocycles. The van der Waals surface area contributed by atoms with E-state index in [0.717, 1.165) is 0 Å². The molecule has 2 heterocycles. The Balaban J connectivity index is 2.80. The number of rotatable bonds is 0. The molecule has 0 aliphatic carbocycles. The summed E-state index contributed by atoms with van der Waals surface area (Å²) in [5.74, 6) is 0.476. The van der Waals surface area contributed by atoms with Gasteiger partial charge in [0.15, 0.2) is 0 Å². The second kappa shape index (κ2) is 4.44. The minimum atomic E-state index is -0.456. The molecule has 0 spiro atoms. The van der Waals surface area contributed by atoms with E-state index in [1.165, 1.54) is 4.57 Å². The molecule has 1 aliphatic rings. The molecule has 17 heavy (non-hydrogen) atoms. The lowest BCUT2D eigenvalue weighted by atomic mass is 10.6. The van der Waals surface area contributed by atoms with Crippen molar-refractivity contribution in [2.45, 2.75) is 0 Å². The fraction of sp³-hybridized carbons (Fsp3) is 0. The number of nitrogens with one attached hydrogen (secondary N) is 2. The SMILES string of the molecule is C=C1NC(Cl)=Nc2nc(Cl)nc(=NC(=N)Cl)n21. The van der Waals surface area contributed by atoms with Crippen LogP contribution in [0.5, 0.6) is 0 Å². The predicted molar refractivity (Wildman–Crippen MR) is 65.6 cm³/mol. The highest BCUT2D eigenvalue weighted by Crippen LogP contribution is 2.16. The van der Waals surface area contributed by atoms with Gasteiger partial charge in [0, 0.05) is 0 Å². The number of nitrogens with zero attached hydrogens (tertiary/aromatic N) is 5. The number of aromatic nitrogens is 3. The van der Waals surface area contributed by atoms with Crippen LogP contribution < -0.4 is 10.9 Å². The van der Waals surface area contributed by atoms with E-state index in [1.807, 2.05) is 0 Å². The standard InChI is InChI=1S/C7H4Cl3N7/c1-2-12-4(9)14-7-16-5(10)15-6(17(2)7)13-3(8)11/h1H2,(H2,11,12,13,14,15,16). The zero-order chi connectivity index (χ0) is 12.6. The van der Waals surface area contributed by atoms with E-state index in [-0.39, 0.29) is 22.1 Å². The number of hydrogen-bond donors (Lipinski definition) is 2. The summed E-state index contributed by atoms with van der Waals surface area (Å²) in [6, 6.07) is 0. The van der Waals surface area contributed by atoms with Gasteiger partial charge in [-0.05, 0) is 34.8 Å². The fourth-order valence-corrected chi connectivity index (χ4v) is 1.56. The van der Waals surface area contributed by atoms with E-state index >= 15 is 0 Å². The predicted octanol–water partition coefficient (Wildman–Crippen LogP) is 1.26. The van der Waals surface area contributed by atoms with Crippen LogP contribution in [-0.4, -0.2) is 25.1 Å². The summed E-state index contributed by atoms with van der Waals surface area (Å²) < 4.78 is 1.33. The molecule has 7 nitrogen and oxygen atoms in total. The molecule has 10 heteroatoms. The second-order valence-electron chi connectivity index (χ2n) is 2.80. The maximum Gasteiger partial charge on any atom is 0.243 e. The van der Waals surface area contributed by atoms with Crippen molar-refractivity contribution >= 4 is 57.2 Å². The molecular formula is C7H4Cl3N7. The molecular weight excluding hydrogens is 288 g/mol. The van der Waals surface area contributed by atoms with Crippen LogP contribution in [-0.2, 0) is 0 Å². The second-order valence-corrected chi connectivity index (χ2v) is 3.86. The Kier molecular flexibility index (Phi) is 3.14. The Bertz CT molecular complexity index is 614. The molecule has 0 radical (unpaired) electrons. The summed E-state index contributed by atoms with van der Waals surface area (Å²) in [6.07, 6.45) is 0. The van der Waals surface area contributed by atoms with Crippen molar-refractivity contribution in [1.29, 1.82) is 5.41 Å². The third kappa shape index (κ3) is 2.46. The Labute approximate surface area is 110 Å². The van der Waals surface area contributed by atoms with E-state index in [0.29, 0.717) is 5.82 Å². The van der Waals surface area contributed by atoms with E-state index in [9.17, 15) is 0 Å². The van der Waals surface area contributed by atoms with Crippen LogP contribution in [0.2, 0.25) is 5.28 Å². The highest BCUT2D eigenvalue weighted by Gasteiger charge is 2.16. The van der Waals surface area contributed by atoms with E-state index in [2.05, 4.69) is 31.8 Å². The van der Waals surface area contributed by atoms with Gasteiger partial charge in [0.25, 0.3) is 0 Å². The first-order valence-electron chi connectivity index (χ1n) is 4.13. The lowest BCUT2D eigenvalue weighted by Crippen LogP contribution is -2.35. The van der Waals surface area contributed by atoms with Gasteiger partial charge in [0.1, 0.15) is 5.82 Å². The summed E-state index contributed by atoms with van der Waals surface area (Å²) in [5, 5.41) is 9.30. The van der Waals surface area contributed by atoms with Gasteiger partial charge in [-0.2, -0.15) is 20.0 Å². The van der Waals surface area contributed by atoms with Gasteiger partial charge in [-0.3, -0.25) is 5.41 Å². The molecule has 0 fully saturated rings. The van der Waals surface area contributed by atoms with Crippen molar-refractivity contribution < 1.29 is 0 Å². The van der Waals surface area contributed by atoms with Crippen molar-refractivity contribution in [3.8, 4) is 0 Å². The monoisotopic (exact) mass is 291 g/mol. The Morgan fingerprint density at radius 2 is 2.12 bits per heavy atom. The quantitative estimate of drug-likeness (QED) is 0.428. The van der Waals surface area contributed by atoms with Crippen molar-refractivity contribution in [1.82, 2.24) is 19.9 Å². The summed E-state index contributed by atoms with van der Waals surface area (Å²) in [7, 11) is 0. The Morgan fingerprint density at radius 1 is 1.41 bits per heavy atom. The van der Waals surface area contributed by atoms with Crippen LogP contribution >= 0.6 is 34.8 Å². The smallest absolute Gasteiger partial charge is 0.243 e. The van der Waals surface area contributed by atoms with Crippen LogP contribution in [0.25, 0.3) is 5.82 Å². The van der Waals surface area contributed by atoms with Gasteiger partial charge in [0.05, 0.1) is 0 Å². The van der Waals surface area contributed by atoms with E-state index in [1.54, 1.807) is 0 Å². The van der Waals surface area contributed by atoms with Crippen LogP contribution in [0.1, 0.15) is 0 Å². The third-order valence-corrected chi connectivity index (χ3v) is 2.13. The van der Waals surface area contributed by atoms with Gasteiger partial charge >= 0.3 is 0 Å². The van der Waals surface area contributed by atoms with Crippen molar-refractivity contribution in [3.05, 3.63) is 17.5 Å². The third-order valence-electron chi connectivity index (χ3n) is 1.70. The number of fused-ring (bicyclic) bond motifs is 1. The first kappa shape index (κ1) is 12.0. The van der Waals surface area contributed by atoms with Crippen molar-refractivity contribution in [2.75, 3.05) is 0 Å². The van der Waals surface area contributed by atoms with Crippen molar-refractivity contribution in [2.24, 2.45) is 9.98 Å².